The fraction of sp³-hybridized carbons (Fsp3) is 0.480. The smallest absolute Gasteiger partial charge is 0.234 e. The number of piperidine rings is 1. The second-order valence-electron chi connectivity index (χ2n) is 8.41. The average Bonchev–Trinajstić information content (AvgIpc) is 2.76. The van der Waals surface area contributed by atoms with E-state index in [9.17, 15) is 4.79 Å². The average molecular weight is 426 g/mol. The van der Waals surface area contributed by atoms with Crippen LogP contribution in [0.2, 0.25) is 0 Å². The first-order valence-corrected chi connectivity index (χ1v) is 10.9. The Balaban J connectivity index is 1.44. The number of carbonyl (C=O) groups excluding carboxylic acids is 1. The van der Waals surface area contributed by atoms with E-state index in [4.69, 9.17) is 9.47 Å². The lowest BCUT2D eigenvalue weighted by Crippen LogP contribution is -2.46. The molecule has 6 nitrogen and oxygen atoms in total. The first kappa shape index (κ1) is 23.1. The highest BCUT2D eigenvalue weighted by molar-refractivity contribution is 5.78. The van der Waals surface area contributed by atoms with Gasteiger partial charge in [-0.1, -0.05) is 30.3 Å². The SMILES string of the molecule is COc1cc(C)c(CN(C)CC(=O)NC2CCN(Cc3ccccc3)CC2)cc1OC. The Hall–Kier alpha value is -2.57. The second kappa shape index (κ2) is 11.2. The normalized spacial score (nSPS) is 15.1. The molecule has 0 saturated carbocycles. The second-order valence-corrected chi connectivity index (χ2v) is 8.41. The monoisotopic (exact) mass is 425 g/mol. The number of nitrogens with one attached hydrogen (secondary N) is 1. The van der Waals surface area contributed by atoms with Gasteiger partial charge in [0.15, 0.2) is 11.5 Å². The van der Waals surface area contributed by atoms with E-state index in [2.05, 4.69) is 47.5 Å². The zero-order valence-corrected chi connectivity index (χ0v) is 19.2. The molecule has 0 aliphatic carbocycles. The zero-order valence-electron chi connectivity index (χ0n) is 19.2. The van der Waals surface area contributed by atoms with Gasteiger partial charge in [0.2, 0.25) is 5.91 Å². The van der Waals surface area contributed by atoms with Gasteiger partial charge in [0.25, 0.3) is 0 Å². The van der Waals surface area contributed by atoms with Crippen LogP contribution in [0.4, 0.5) is 0 Å². The predicted octanol–water partition coefficient (Wildman–Crippen LogP) is 3.22. The number of rotatable bonds is 9. The number of hydrogen-bond donors (Lipinski definition) is 1. The van der Waals surface area contributed by atoms with Gasteiger partial charge >= 0.3 is 0 Å². The van der Waals surface area contributed by atoms with Crippen molar-refractivity contribution in [2.24, 2.45) is 0 Å². The first-order chi connectivity index (χ1) is 15.0. The number of benzene rings is 2. The highest BCUT2D eigenvalue weighted by Gasteiger charge is 2.21. The molecule has 31 heavy (non-hydrogen) atoms. The van der Waals surface area contributed by atoms with E-state index in [-0.39, 0.29) is 11.9 Å². The van der Waals surface area contributed by atoms with Gasteiger partial charge in [-0.3, -0.25) is 14.6 Å². The van der Waals surface area contributed by atoms with Crippen LogP contribution in [0.5, 0.6) is 11.5 Å². The van der Waals surface area contributed by atoms with E-state index >= 15 is 0 Å². The topological polar surface area (TPSA) is 54.0 Å². The zero-order chi connectivity index (χ0) is 22.2. The summed E-state index contributed by atoms with van der Waals surface area (Å²) in [5.41, 5.74) is 3.59. The van der Waals surface area contributed by atoms with Crippen molar-refractivity contribution in [3.8, 4) is 11.5 Å². The number of nitrogens with zero attached hydrogens (tertiary/aromatic N) is 2. The molecule has 0 atom stereocenters. The van der Waals surface area contributed by atoms with Crippen molar-refractivity contribution in [3.05, 3.63) is 59.2 Å². The molecule has 0 bridgehead atoms. The molecule has 1 amide bonds. The minimum atomic E-state index is 0.0853. The van der Waals surface area contributed by atoms with Gasteiger partial charge in [-0.15, -0.1) is 0 Å². The van der Waals surface area contributed by atoms with E-state index in [1.165, 1.54) is 5.56 Å². The third-order valence-corrected chi connectivity index (χ3v) is 5.90. The summed E-state index contributed by atoms with van der Waals surface area (Å²) >= 11 is 0. The molecular formula is C25H35N3O3. The molecule has 1 aliphatic rings. The van der Waals surface area contributed by atoms with Crippen molar-refractivity contribution in [3.63, 3.8) is 0 Å². The highest BCUT2D eigenvalue weighted by Crippen LogP contribution is 2.30. The number of aryl methyl sites for hydroxylation is 1. The van der Waals surface area contributed by atoms with E-state index < -0.39 is 0 Å². The number of ether oxygens (including phenoxy) is 2. The van der Waals surface area contributed by atoms with Crippen molar-refractivity contribution in [1.29, 1.82) is 0 Å². The molecule has 0 unspecified atom stereocenters. The van der Waals surface area contributed by atoms with Gasteiger partial charge in [-0.25, -0.2) is 0 Å². The number of likely N-dealkylation sites (tertiary alicyclic amines) is 1. The Kier molecular flexibility index (Phi) is 8.32. The van der Waals surface area contributed by atoms with Crippen LogP contribution in [0.15, 0.2) is 42.5 Å². The molecule has 0 aromatic heterocycles. The number of amides is 1. The lowest BCUT2D eigenvalue weighted by atomic mass is 10.0. The van der Waals surface area contributed by atoms with Crippen LogP contribution in [0, 0.1) is 6.92 Å². The Bertz CT molecular complexity index is 849. The van der Waals surface area contributed by atoms with Crippen molar-refractivity contribution in [1.82, 2.24) is 15.1 Å². The Morgan fingerprint density at radius 2 is 1.74 bits per heavy atom. The lowest BCUT2D eigenvalue weighted by molar-refractivity contribution is -0.123. The highest BCUT2D eigenvalue weighted by atomic mass is 16.5. The molecule has 1 fully saturated rings. The van der Waals surface area contributed by atoms with Crippen LogP contribution in [-0.2, 0) is 17.9 Å². The van der Waals surface area contributed by atoms with Crippen LogP contribution in [0.25, 0.3) is 0 Å². The summed E-state index contributed by atoms with van der Waals surface area (Å²) in [5.74, 6) is 1.52. The fourth-order valence-corrected chi connectivity index (χ4v) is 4.14. The summed E-state index contributed by atoms with van der Waals surface area (Å²) in [4.78, 5) is 17.1. The maximum Gasteiger partial charge on any atom is 0.234 e. The van der Waals surface area contributed by atoms with E-state index in [0.717, 1.165) is 49.4 Å². The van der Waals surface area contributed by atoms with Crippen molar-refractivity contribution in [2.45, 2.75) is 38.9 Å². The Morgan fingerprint density at radius 1 is 1.10 bits per heavy atom. The third kappa shape index (κ3) is 6.71. The molecule has 1 heterocycles. The predicted molar refractivity (Wildman–Crippen MR) is 124 cm³/mol. The number of hydrogen-bond acceptors (Lipinski definition) is 5. The molecule has 1 saturated heterocycles. The van der Waals surface area contributed by atoms with Gasteiger partial charge in [-0.2, -0.15) is 0 Å². The van der Waals surface area contributed by atoms with Crippen LogP contribution in [-0.4, -0.2) is 62.7 Å². The van der Waals surface area contributed by atoms with Crippen molar-refractivity contribution >= 4 is 5.91 Å². The number of likely N-dealkylation sites (N-methyl/N-ethyl adjacent to an activating group) is 1. The fourth-order valence-electron chi connectivity index (χ4n) is 4.14. The summed E-state index contributed by atoms with van der Waals surface area (Å²) in [6.07, 6.45) is 1.99. The van der Waals surface area contributed by atoms with Crippen LogP contribution in [0.1, 0.15) is 29.5 Å². The quantitative estimate of drug-likeness (QED) is 0.669. The van der Waals surface area contributed by atoms with Crippen LogP contribution >= 0.6 is 0 Å². The largest absolute Gasteiger partial charge is 0.493 e. The van der Waals surface area contributed by atoms with Gasteiger partial charge in [-0.05, 0) is 55.6 Å². The van der Waals surface area contributed by atoms with Crippen molar-refractivity contribution < 1.29 is 14.3 Å². The van der Waals surface area contributed by atoms with Gasteiger partial charge in [0.05, 0.1) is 20.8 Å². The molecule has 2 aromatic rings. The van der Waals surface area contributed by atoms with Gasteiger partial charge < -0.3 is 14.8 Å². The van der Waals surface area contributed by atoms with E-state index in [0.29, 0.717) is 18.8 Å². The minimum Gasteiger partial charge on any atom is -0.493 e. The molecule has 0 radical (unpaired) electrons. The molecular weight excluding hydrogens is 390 g/mol. The summed E-state index contributed by atoms with van der Waals surface area (Å²) in [6.45, 7) is 6.11. The molecule has 0 spiro atoms. The maximum atomic E-state index is 12.6. The molecule has 3 rings (SSSR count). The number of methoxy groups -OCH3 is 2. The standard InChI is InChI=1S/C25H35N3O3/c1-19-14-23(30-3)24(31-4)15-21(19)17-27(2)18-25(29)26-22-10-12-28(13-11-22)16-20-8-6-5-7-9-20/h5-9,14-15,22H,10-13,16-18H2,1-4H3,(H,26,29). The molecule has 1 N–H and O–H groups in total. The van der Waals surface area contributed by atoms with E-state index in [1.54, 1.807) is 14.2 Å². The summed E-state index contributed by atoms with van der Waals surface area (Å²) in [5, 5.41) is 3.22. The summed E-state index contributed by atoms with van der Waals surface area (Å²) in [6, 6.07) is 14.8. The van der Waals surface area contributed by atoms with Gasteiger partial charge in [0, 0.05) is 32.2 Å². The first-order valence-electron chi connectivity index (χ1n) is 10.9. The number of carbonyl (C=O) groups is 1. The molecule has 6 heteroatoms. The Morgan fingerprint density at radius 3 is 2.39 bits per heavy atom. The van der Waals surface area contributed by atoms with Crippen molar-refractivity contribution in [2.75, 3.05) is 40.9 Å². The Labute approximate surface area is 186 Å². The molecule has 168 valence electrons. The van der Waals surface area contributed by atoms with E-state index in [1.807, 2.05) is 24.1 Å². The lowest BCUT2D eigenvalue weighted by Gasteiger charge is -2.32. The maximum absolute atomic E-state index is 12.6. The van der Waals surface area contributed by atoms with Crippen LogP contribution < -0.4 is 14.8 Å². The minimum absolute atomic E-state index is 0.0853. The summed E-state index contributed by atoms with van der Waals surface area (Å²) < 4.78 is 10.8. The molecule has 1 aliphatic heterocycles. The van der Waals surface area contributed by atoms with Gasteiger partial charge in [0.1, 0.15) is 0 Å². The summed E-state index contributed by atoms with van der Waals surface area (Å²) in [7, 11) is 5.25. The van der Waals surface area contributed by atoms with Crippen LogP contribution in [0.3, 0.4) is 0 Å². The molecule has 2 aromatic carbocycles. The third-order valence-electron chi connectivity index (χ3n) is 5.90.